The van der Waals surface area contributed by atoms with Gasteiger partial charge in [0.15, 0.2) is 0 Å². The summed E-state index contributed by atoms with van der Waals surface area (Å²) in [6.07, 6.45) is 0. The van der Waals surface area contributed by atoms with Gasteiger partial charge < -0.3 is 56.2 Å². The molecule has 144 valence electrons. The van der Waals surface area contributed by atoms with Crippen LogP contribution < -0.4 is 37.2 Å². The normalized spacial score (nSPS) is 20.1. The van der Waals surface area contributed by atoms with E-state index in [1.807, 2.05) is 18.2 Å². The Labute approximate surface area is 183 Å². The van der Waals surface area contributed by atoms with Crippen LogP contribution >= 0.6 is 0 Å². The monoisotopic (exact) mass is 461 g/mol. The van der Waals surface area contributed by atoms with E-state index in [0.29, 0.717) is 49.6 Å². The van der Waals surface area contributed by atoms with E-state index in [9.17, 15) is 0 Å². The second-order valence-corrected chi connectivity index (χ2v) is 5.12. The van der Waals surface area contributed by atoms with Crippen molar-refractivity contribution in [2.45, 2.75) is 12.1 Å². The molecule has 1 aromatic rings. The van der Waals surface area contributed by atoms with Crippen molar-refractivity contribution in [2.24, 2.45) is 9.98 Å². The molecule has 2 unspecified atom stereocenters. The fourth-order valence-corrected chi connectivity index (χ4v) is 2.34. The van der Waals surface area contributed by atoms with Gasteiger partial charge in [-0.05, 0) is 12.1 Å². The first-order valence-corrected chi connectivity index (χ1v) is 7.17. The predicted octanol–water partition coefficient (Wildman–Crippen LogP) is -8.33. The number of ether oxygens (including phenoxy) is 4. The first-order chi connectivity index (χ1) is 10.8. The van der Waals surface area contributed by atoms with Crippen molar-refractivity contribution in [3.8, 4) is 0 Å². The van der Waals surface area contributed by atoms with E-state index in [1.165, 1.54) is 0 Å². The number of aliphatic imine (C=N–C) groups is 2. The van der Waals surface area contributed by atoms with Gasteiger partial charge in [0.2, 0.25) is 11.8 Å². The van der Waals surface area contributed by atoms with Crippen LogP contribution in [0.3, 0.4) is 0 Å². The molecule has 0 aliphatic carbocycles. The molecule has 3 heterocycles. The van der Waals surface area contributed by atoms with Crippen molar-refractivity contribution in [1.29, 1.82) is 0 Å². The second kappa shape index (κ2) is 13.6. The summed E-state index contributed by atoms with van der Waals surface area (Å²) in [4.78, 5) is 13.5. The third-order valence-electron chi connectivity index (χ3n) is 3.33. The van der Waals surface area contributed by atoms with Crippen LogP contribution in [-0.4, -0.2) is 69.5 Å². The zero-order valence-corrected chi connectivity index (χ0v) is 17.9. The zero-order valence-electron chi connectivity index (χ0n) is 14.3. The number of aromatic nitrogens is 1. The summed E-state index contributed by atoms with van der Waals surface area (Å²) < 4.78 is 21.4. The van der Waals surface area contributed by atoms with E-state index in [4.69, 9.17) is 18.9 Å². The van der Waals surface area contributed by atoms with Gasteiger partial charge in [0.25, 0.3) is 0 Å². The zero-order chi connectivity index (χ0) is 15.4. The van der Waals surface area contributed by atoms with E-state index >= 15 is 0 Å². The van der Waals surface area contributed by atoms with Crippen LogP contribution in [0.5, 0.6) is 0 Å². The Kier molecular flexibility index (Phi) is 14.5. The van der Waals surface area contributed by atoms with Crippen LogP contribution in [0.15, 0.2) is 28.2 Å². The van der Waals surface area contributed by atoms with E-state index in [1.54, 1.807) is 14.2 Å². The van der Waals surface area contributed by atoms with Crippen LogP contribution in [-0.2, 0) is 37.5 Å². The standard InChI is InChI=1S/C15H19N3O4.3ClH.V/c1-19-6-10-8-21-14(16-10)12-4-3-5-13(18-12)15-17-11(7-20-2)9-22-15;;;;/h3-5,10-11H,6-9H2,1-2H3;3*1H;/q;;;;+3/p-3. The molecule has 2 aliphatic rings. The first kappa shape index (κ1) is 27.7. The number of methoxy groups -OCH3 is 2. The molecule has 2 atom stereocenters. The SMILES string of the molecule is COCC1COC(c2cccc(C3=NC(COC)CO3)n2)=N1.[Cl-].[Cl-].[Cl-].[V+3]. The van der Waals surface area contributed by atoms with E-state index in [-0.39, 0.29) is 67.9 Å². The molecule has 0 spiro atoms. The smallest absolute Gasteiger partial charge is 1.00 e. The van der Waals surface area contributed by atoms with Crippen molar-refractivity contribution < 1.29 is 74.7 Å². The maximum absolute atomic E-state index is 5.59. The first-order valence-electron chi connectivity index (χ1n) is 7.17. The minimum absolute atomic E-state index is 0. The number of pyridine rings is 1. The fourth-order valence-electron chi connectivity index (χ4n) is 2.34. The summed E-state index contributed by atoms with van der Waals surface area (Å²) in [5.41, 5.74) is 1.36. The minimum atomic E-state index is 0. The maximum atomic E-state index is 5.59. The van der Waals surface area contributed by atoms with Crippen LogP contribution in [0.2, 0.25) is 0 Å². The van der Waals surface area contributed by atoms with Gasteiger partial charge in [0, 0.05) is 14.2 Å². The molecule has 0 saturated heterocycles. The van der Waals surface area contributed by atoms with Crippen molar-refractivity contribution in [3.05, 3.63) is 29.6 Å². The molecule has 3 rings (SSSR count). The summed E-state index contributed by atoms with van der Waals surface area (Å²) in [6.45, 7) is 2.11. The van der Waals surface area contributed by atoms with Gasteiger partial charge in [0.05, 0.1) is 13.2 Å². The summed E-state index contributed by atoms with van der Waals surface area (Å²) in [5.74, 6) is 1.08. The van der Waals surface area contributed by atoms with Gasteiger partial charge in [-0.1, -0.05) is 6.07 Å². The number of nitrogens with zero attached hydrogens (tertiary/aromatic N) is 3. The molecule has 0 saturated carbocycles. The summed E-state index contributed by atoms with van der Waals surface area (Å²) >= 11 is 0. The van der Waals surface area contributed by atoms with E-state index < -0.39 is 0 Å². The Morgan fingerprint density at radius 2 is 1.31 bits per heavy atom. The number of hydrogen-bond donors (Lipinski definition) is 0. The largest absolute Gasteiger partial charge is 3.00 e. The molecule has 0 fully saturated rings. The topological polar surface area (TPSA) is 74.5 Å². The van der Waals surface area contributed by atoms with E-state index in [0.717, 1.165) is 0 Å². The van der Waals surface area contributed by atoms with Crippen LogP contribution in [0, 0.1) is 0 Å². The number of halogens is 3. The summed E-state index contributed by atoms with van der Waals surface area (Å²) in [7, 11) is 3.30. The summed E-state index contributed by atoms with van der Waals surface area (Å²) in [6, 6.07) is 5.66. The summed E-state index contributed by atoms with van der Waals surface area (Å²) in [5, 5.41) is 0. The molecule has 7 nitrogen and oxygen atoms in total. The fraction of sp³-hybridized carbons (Fsp3) is 0.533. The average molecular weight is 463 g/mol. The molecule has 0 radical (unpaired) electrons. The van der Waals surface area contributed by atoms with Gasteiger partial charge in [-0.3, -0.25) is 0 Å². The van der Waals surface area contributed by atoms with Crippen molar-refractivity contribution in [1.82, 2.24) is 4.98 Å². The predicted molar refractivity (Wildman–Crippen MR) is 80.5 cm³/mol. The molecule has 0 N–H and O–H groups in total. The van der Waals surface area contributed by atoms with Crippen molar-refractivity contribution in [2.75, 3.05) is 40.6 Å². The Balaban J connectivity index is 0. The molecular formula is C15H19Cl3N3O4V. The molecule has 0 amide bonds. The molecule has 26 heavy (non-hydrogen) atoms. The average Bonchev–Trinajstić information content (AvgIpc) is 3.18. The van der Waals surface area contributed by atoms with Gasteiger partial charge in [-0.15, -0.1) is 0 Å². The minimum Gasteiger partial charge on any atom is -1.00 e. The second-order valence-electron chi connectivity index (χ2n) is 5.12. The molecule has 0 bridgehead atoms. The number of rotatable bonds is 6. The Hall–Kier alpha value is -0.536. The molecule has 11 heteroatoms. The quantitative estimate of drug-likeness (QED) is 0.420. The van der Waals surface area contributed by atoms with Crippen LogP contribution in [0.4, 0.5) is 0 Å². The molecule has 1 aromatic heterocycles. The van der Waals surface area contributed by atoms with E-state index in [2.05, 4.69) is 15.0 Å². The maximum Gasteiger partial charge on any atom is 3.00 e. The third-order valence-corrected chi connectivity index (χ3v) is 3.33. The molecule has 2 aliphatic heterocycles. The Bertz CT molecular complexity index is 560. The van der Waals surface area contributed by atoms with Crippen LogP contribution in [0.1, 0.15) is 11.4 Å². The van der Waals surface area contributed by atoms with Crippen molar-refractivity contribution >= 4 is 11.8 Å². The number of hydrogen-bond acceptors (Lipinski definition) is 7. The molecule has 0 aromatic carbocycles. The molecular weight excluding hydrogens is 443 g/mol. The van der Waals surface area contributed by atoms with Gasteiger partial charge >= 0.3 is 18.6 Å². The van der Waals surface area contributed by atoms with Gasteiger partial charge in [-0.25, -0.2) is 15.0 Å². The van der Waals surface area contributed by atoms with Gasteiger partial charge in [0.1, 0.15) is 36.7 Å². The Morgan fingerprint density at radius 3 is 1.69 bits per heavy atom. The van der Waals surface area contributed by atoms with Crippen LogP contribution in [0.25, 0.3) is 0 Å². The van der Waals surface area contributed by atoms with Gasteiger partial charge in [-0.2, -0.15) is 0 Å². The Morgan fingerprint density at radius 1 is 0.885 bits per heavy atom. The van der Waals surface area contributed by atoms with Crippen molar-refractivity contribution in [3.63, 3.8) is 0 Å². The third kappa shape index (κ3) is 6.89.